The Hall–Kier alpha value is -2.14. The maximum atomic E-state index is 5.60. The number of hydrogen-bond acceptors (Lipinski definition) is 5. The topological polar surface area (TPSA) is 64.3 Å². The van der Waals surface area contributed by atoms with Gasteiger partial charge in [0.25, 0.3) is 0 Å². The summed E-state index contributed by atoms with van der Waals surface area (Å²) in [6, 6.07) is 12.2. The van der Waals surface area contributed by atoms with E-state index in [9.17, 15) is 0 Å². The minimum Gasteiger partial charge on any atom is -0.497 e. The summed E-state index contributed by atoms with van der Waals surface area (Å²) in [5.74, 6) is 2.03. The summed E-state index contributed by atoms with van der Waals surface area (Å²) in [4.78, 5) is 2.53. The van der Waals surface area contributed by atoms with Crippen LogP contribution in [0.3, 0.4) is 0 Å². The van der Waals surface area contributed by atoms with Crippen molar-refractivity contribution in [3.63, 3.8) is 0 Å². The molecule has 1 atom stereocenters. The smallest absolute Gasteiger partial charge is 0.146 e. The van der Waals surface area contributed by atoms with E-state index in [2.05, 4.69) is 27.2 Å². The molecular weight excluding hydrogens is 288 g/mol. The second kappa shape index (κ2) is 7.42. The van der Waals surface area contributed by atoms with Crippen molar-refractivity contribution in [1.82, 2.24) is 15.1 Å². The molecule has 1 fully saturated rings. The molecule has 0 radical (unpaired) electrons. The zero-order valence-corrected chi connectivity index (χ0v) is 13.6. The van der Waals surface area contributed by atoms with Crippen LogP contribution >= 0.6 is 0 Å². The molecule has 5 nitrogen and oxygen atoms in total. The normalized spacial score (nSPS) is 18.7. The average Bonchev–Trinajstić information content (AvgIpc) is 2.58. The zero-order chi connectivity index (χ0) is 16.1. The Morgan fingerprint density at radius 3 is 2.70 bits per heavy atom. The molecule has 0 saturated carbocycles. The lowest BCUT2D eigenvalue weighted by Gasteiger charge is -2.32. The molecule has 23 heavy (non-hydrogen) atoms. The number of rotatable bonds is 5. The molecule has 5 heteroatoms. The van der Waals surface area contributed by atoms with Gasteiger partial charge in [0, 0.05) is 13.1 Å². The quantitative estimate of drug-likeness (QED) is 0.919. The van der Waals surface area contributed by atoms with Crippen molar-refractivity contribution in [3.05, 3.63) is 47.7 Å². The molecule has 0 unspecified atom stereocenters. The van der Waals surface area contributed by atoms with Gasteiger partial charge in [-0.15, -0.1) is 5.10 Å². The lowest BCUT2D eigenvalue weighted by atomic mass is 9.93. The van der Waals surface area contributed by atoms with Crippen LogP contribution in [0.1, 0.15) is 24.1 Å². The van der Waals surface area contributed by atoms with Crippen LogP contribution in [0.25, 0.3) is 0 Å². The lowest BCUT2D eigenvalue weighted by Crippen LogP contribution is -2.35. The Morgan fingerprint density at radius 2 is 2.00 bits per heavy atom. The molecule has 1 aromatic heterocycles. The highest BCUT2D eigenvalue weighted by Gasteiger charge is 2.20. The van der Waals surface area contributed by atoms with Crippen molar-refractivity contribution in [2.75, 3.05) is 25.9 Å². The summed E-state index contributed by atoms with van der Waals surface area (Å²) in [5.41, 5.74) is 7.97. The molecule has 1 aliphatic heterocycles. The predicted molar refractivity (Wildman–Crippen MR) is 91.1 cm³/mol. The van der Waals surface area contributed by atoms with E-state index in [0.29, 0.717) is 11.7 Å². The number of likely N-dealkylation sites (tertiary alicyclic amines) is 1. The van der Waals surface area contributed by atoms with Crippen molar-refractivity contribution in [2.24, 2.45) is 5.92 Å². The van der Waals surface area contributed by atoms with Gasteiger partial charge in [-0.25, -0.2) is 0 Å². The molecule has 0 spiro atoms. The fourth-order valence-corrected chi connectivity index (χ4v) is 3.23. The van der Waals surface area contributed by atoms with E-state index in [1.165, 1.54) is 18.4 Å². The van der Waals surface area contributed by atoms with Gasteiger partial charge in [0.15, 0.2) is 0 Å². The number of nitrogens with two attached hydrogens (primary N) is 1. The molecule has 2 N–H and O–H groups in total. The van der Waals surface area contributed by atoms with E-state index in [1.807, 2.05) is 24.3 Å². The van der Waals surface area contributed by atoms with Crippen LogP contribution in [-0.4, -0.2) is 35.3 Å². The molecule has 1 aliphatic rings. The molecule has 3 rings (SSSR count). The van der Waals surface area contributed by atoms with E-state index in [1.54, 1.807) is 7.11 Å². The predicted octanol–water partition coefficient (Wildman–Crippen LogP) is 2.52. The average molecular weight is 312 g/mol. The maximum Gasteiger partial charge on any atom is 0.146 e. The second-order valence-electron chi connectivity index (χ2n) is 6.25. The van der Waals surface area contributed by atoms with Crippen molar-refractivity contribution in [1.29, 1.82) is 0 Å². The third-order valence-corrected chi connectivity index (χ3v) is 4.41. The SMILES string of the molecule is COc1ccc(CN2CCC[C@H](Cc3ccc(N)nn3)C2)cc1. The lowest BCUT2D eigenvalue weighted by molar-refractivity contribution is 0.166. The number of hydrogen-bond donors (Lipinski definition) is 1. The summed E-state index contributed by atoms with van der Waals surface area (Å²) in [7, 11) is 1.70. The van der Waals surface area contributed by atoms with E-state index in [-0.39, 0.29) is 0 Å². The molecule has 1 saturated heterocycles. The molecule has 0 bridgehead atoms. The molecule has 0 amide bonds. The highest BCUT2D eigenvalue weighted by Crippen LogP contribution is 2.22. The molecule has 0 aliphatic carbocycles. The van der Waals surface area contributed by atoms with Gasteiger partial charge in [0.05, 0.1) is 12.8 Å². The van der Waals surface area contributed by atoms with Gasteiger partial charge in [-0.3, -0.25) is 4.90 Å². The Balaban J connectivity index is 1.55. The van der Waals surface area contributed by atoms with Crippen LogP contribution in [0.5, 0.6) is 5.75 Å². The number of nitrogens with zero attached hydrogens (tertiary/aromatic N) is 3. The molecule has 1 aromatic carbocycles. The first kappa shape index (κ1) is 15.7. The Morgan fingerprint density at radius 1 is 1.17 bits per heavy atom. The van der Waals surface area contributed by atoms with Crippen LogP contribution in [0.15, 0.2) is 36.4 Å². The highest BCUT2D eigenvalue weighted by atomic mass is 16.5. The van der Waals surface area contributed by atoms with Gasteiger partial charge in [-0.05, 0) is 61.6 Å². The number of nitrogen functional groups attached to an aromatic ring is 1. The molecule has 2 heterocycles. The summed E-state index contributed by atoms with van der Waals surface area (Å²) < 4.78 is 5.22. The number of methoxy groups -OCH3 is 1. The molecule has 122 valence electrons. The first-order valence-corrected chi connectivity index (χ1v) is 8.16. The van der Waals surface area contributed by atoms with Crippen molar-refractivity contribution < 1.29 is 4.74 Å². The van der Waals surface area contributed by atoms with E-state index in [0.717, 1.165) is 37.5 Å². The van der Waals surface area contributed by atoms with Crippen LogP contribution in [0.4, 0.5) is 5.82 Å². The third-order valence-electron chi connectivity index (χ3n) is 4.41. The highest BCUT2D eigenvalue weighted by molar-refractivity contribution is 5.27. The number of anilines is 1. The monoisotopic (exact) mass is 312 g/mol. The van der Waals surface area contributed by atoms with Crippen LogP contribution < -0.4 is 10.5 Å². The second-order valence-corrected chi connectivity index (χ2v) is 6.25. The minimum absolute atomic E-state index is 0.485. The van der Waals surface area contributed by atoms with Crippen molar-refractivity contribution >= 4 is 5.82 Å². The van der Waals surface area contributed by atoms with E-state index in [4.69, 9.17) is 10.5 Å². The first-order valence-electron chi connectivity index (χ1n) is 8.16. The zero-order valence-electron chi connectivity index (χ0n) is 13.6. The fraction of sp³-hybridized carbons (Fsp3) is 0.444. The summed E-state index contributed by atoms with van der Waals surface area (Å²) in [6.45, 7) is 3.27. The molecular formula is C18H24N4O. The summed E-state index contributed by atoms with van der Waals surface area (Å²) >= 11 is 0. The summed E-state index contributed by atoms with van der Waals surface area (Å²) in [6.07, 6.45) is 3.47. The Labute approximate surface area is 137 Å². The van der Waals surface area contributed by atoms with Gasteiger partial charge in [-0.2, -0.15) is 5.10 Å². The number of benzene rings is 1. The minimum atomic E-state index is 0.485. The van der Waals surface area contributed by atoms with Crippen molar-refractivity contribution in [2.45, 2.75) is 25.8 Å². The van der Waals surface area contributed by atoms with Crippen LogP contribution in [0, 0.1) is 5.92 Å². The fourth-order valence-electron chi connectivity index (χ4n) is 3.23. The molecule has 2 aromatic rings. The van der Waals surface area contributed by atoms with E-state index >= 15 is 0 Å². The number of ether oxygens (including phenoxy) is 1. The first-order chi connectivity index (χ1) is 11.2. The van der Waals surface area contributed by atoms with Crippen LogP contribution in [0.2, 0.25) is 0 Å². The van der Waals surface area contributed by atoms with E-state index < -0.39 is 0 Å². The number of piperidine rings is 1. The standard InChI is InChI=1S/C18H24N4O/c1-23-17-7-4-14(5-8-17)12-22-10-2-3-15(13-22)11-16-6-9-18(19)21-20-16/h4-9,15H,2-3,10-13H2,1H3,(H2,19,21)/t15-/m1/s1. The van der Waals surface area contributed by atoms with Gasteiger partial charge in [-0.1, -0.05) is 12.1 Å². The van der Waals surface area contributed by atoms with Gasteiger partial charge < -0.3 is 10.5 Å². The van der Waals surface area contributed by atoms with Gasteiger partial charge in [0.1, 0.15) is 11.6 Å². The van der Waals surface area contributed by atoms with Crippen molar-refractivity contribution in [3.8, 4) is 5.75 Å². The Kier molecular flexibility index (Phi) is 5.08. The largest absolute Gasteiger partial charge is 0.497 e. The van der Waals surface area contributed by atoms with Gasteiger partial charge in [0.2, 0.25) is 0 Å². The maximum absolute atomic E-state index is 5.60. The van der Waals surface area contributed by atoms with Crippen LogP contribution in [-0.2, 0) is 13.0 Å². The Bertz CT molecular complexity index is 612. The van der Waals surface area contributed by atoms with Gasteiger partial charge >= 0.3 is 0 Å². The number of aromatic nitrogens is 2. The third kappa shape index (κ3) is 4.42. The summed E-state index contributed by atoms with van der Waals surface area (Å²) in [5, 5.41) is 8.14.